The lowest BCUT2D eigenvalue weighted by Crippen LogP contribution is -2.11. The van der Waals surface area contributed by atoms with E-state index in [1.54, 1.807) is 0 Å². The largest absolute Gasteiger partial charge is 0.487 e. The van der Waals surface area contributed by atoms with E-state index < -0.39 is 0 Å². The minimum atomic E-state index is 0.0985. The van der Waals surface area contributed by atoms with Gasteiger partial charge in [0.15, 0.2) is 0 Å². The second-order valence-corrected chi connectivity index (χ2v) is 6.35. The molecule has 21 heavy (non-hydrogen) atoms. The van der Waals surface area contributed by atoms with Gasteiger partial charge in [0.05, 0.1) is 10.7 Å². The summed E-state index contributed by atoms with van der Waals surface area (Å²) in [7, 11) is 1.83. The van der Waals surface area contributed by atoms with Crippen molar-refractivity contribution in [2.24, 2.45) is 0 Å². The Bertz CT molecular complexity index is 620. The standard InChI is InChI=1S/C17H21ClN2O/c1-17(2,3)12-6-5-7-13(10-12)21-11-15-14(18)8-9-16(19-4)20-15/h5-10H,11H2,1-4H3,(H,19,20). The van der Waals surface area contributed by atoms with Crippen molar-refractivity contribution in [1.29, 1.82) is 0 Å². The van der Waals surface area contributed by atoms with Gasteiger partial charge in [0, 0.05) is 7.05 Å². The second-order valence-electron chi connectivity index (χ2n) is 5.94. The van der Waals surface area contributed by atoms with Crippen molar-refractivity contribution in [1.82, 2.24) is 4.98 Å². The Morgan fingerprint density at radius 1 is 1.19 bits per heavy atom. The Labute approximate surface area is 131 Å². The molecule has 0 fully saturated rings. The number of halogens is 1. The van der Waals surface area contributed by atoms with Crippen molar-refractivity contribution >= 4 is 17.4 Å². The van der Waals surface area contributed by atoms with Gasteiger partial charge in [0.1, 0.15) is 18.2 Å². The molecule has 0 spiro atoms. The minimum Gasteiger partial charge on any atom is -0.487 e. The summed E-state index contributed by atoms with van der Waals surface area (Å²) in [6.45, 7) is 6.89. The van der Waals surface area contributed by atoms with Crippen molar-refractivity contribution in [3.05, 3.63) is 52.7 Å². The molecule has 4 heteroatoms. The molecule has 0 aliphatic rings. The van der Waals surface area contributed by atoms with Gasteiger partial charge in [0.2, 0.25) is 0 Å². The fraction of sp³-hybridized carbons (Fsp3) is 0.353. The smallest absolute Gasteiger partial charge is 0.132 e. The Hall–Kier alpha value is -1.74. The van der Waals surface area contributed by atoms with Gasteiger partial charge in [-0.25, -0.2) is 4.98 Å². The summed E-state index contributed by atoms with van der Waals surface area (Å²) >= 11 is 6.15. The van der Waals surface area contributed by atoms with Crippen LogP contribution in [0.5, 0.6) is 5.75 Å². The highest BCUT2D eigenvalue weighted by molar-refractivity contribution is 6.31. The first kappa shape index (κ1) is 15.6. The minimum absolute atomic E-state index is 0.0985. The molecule has 0 unspecified atom stereocenters. The first-order valence-corrected chi connectivity index (χ1v) is 7.34. The van der Waals surface area contributed by atoms with E-state index in [1.807, 2.05) is 31.3 Å². The lowest BCUT2D eigenvalue weighted by molar-refractivity contribution is 0.301. The van der Waals surface area contributed by atoms with Crippen molar-refractivity contribution in [3.8, 4) is 5.75 Å². The van der Waals surface area contributed by atoms with Gasteiger partial charge in [-0.1, -0.05) is 44.5 Å². The van der Waals surface area contributed by atoms with Gasteiger partial charge in [-0.05, 0) is 35.2 Å². The molecule has 2 aromatic rings. The number of hydrogen-bond donors (Lipinski definition) is 1. The van der Waals surface area contributed by atoms with Crippen LogP contribution in [0.2, 0.25) is 5.02 Å². The van der Waals surface area contributed by atoms with Gasteiger partial charge < -0.3 is 10.1 Å². The number of nitrogens with one attached hydrogen (secondary N) is 1. The Morgan fingerprint density at radius 3 is 2.62 bits per heavy atom. The maximum absolute atomic E-state index is 6.15. The number of pyridine rings is 1. The molecule has 0 radical (unpaired) electrons. The van der Waals surface area contributed by atoms with E-state index in [0.717, 1.165) is 17.3 Å². The van der Waals surface area contributed by atoms with Crippen LogP contribution in [0.15, 0.2) is 36.4 Å². The van der Waals surface area contributed by atoms with Gasteiger partial charge >= 0.3 is 0 Å². The molecule has 0 saturated heterocycles. The van der Waals surface area contributed by atoms with Crippen LogP contribution in [0.3, 0.4) is 0 Å². The highest BCUT2D eigenvalue weighted by Crippen LogP contribution is 2.26. The zero-order valence-corrected chi connectivity index (χ0v) is 13.7. The average molecular weight is 305 g/mol. The molecule has 1 aromatic heterocycles. The van der Waals surface area contributed by atoms with Crippen LogP contribution in [0.25, 0.3) is 0 Å². The number of aromatic nitrogens is 1. The van der Waals surface area contributed by atoms with Crippen LogP contribution in [-0.2, 0) is 12.0 Å². The van der Waals surface area contributed by atoms with E-state index in [1.165, 1.54) is 5.56 Å². The normalized spacial score (nSPS) is 11.3. The number of benzene rings is 1. The second kappa shape index (κ2) is 6.35. The lowest BCUT2D eigenvalue weighted by atomic mass is 9.87. The summed E-state index contributed by atoms with van der Waals surface area (Å²) in [5, 5.41) is 3.61. The van der Waals surface area contributed by atoms with Gasteiger partial charge in [-0.15, -0.1) is 0 Å². The average Bonchev–Trinajstić information content (AvgIpc) is 2.46. The third kappa shape index (κ3) is 4.11. The molecule has 2 rings (SSSR count). The molecule has 1 aromatic carbocycles. The van der Waals surface area contributed by atoms with Gasteiger partial charge in [-0.3, -0.25) is 0 Å². The van der Waals surface area contributed by atoms with Crippen LogP contribution >= 0.6 is 11.6 Å². The SMILES string of the molecule is CNc1ccc(Cl)c(COc2cccc(C(C)(C)C)c2)n1. The summed E-state index contributed by atoms with van der Waals surface area (Å²) in [6, 6.07) is 11.8. The zero-order valence-electron chi connectivity index (χ0n) is 12.9. The van der Waals surface area contributed by atoms with Crippen LogP contribution in [-0.4, -0.2) is 12.0 Å². The number of nitrogens with zero attached hydrogens (tertiary/aromatic N) is 1. The topological polar surface area (TPSA) is 34.1 Å². The summed E-state index contributed by atoms with van der Waals surface area (Å²) in [5.74, 6) is 1.61. The number of hydrogen-bond acceptors (Lipinski definition) is 3. The molecule has 0 atom stereocenters. The van der Waals surface area contributed by atoms with Crippen molar-refractivity contribution in [3.63, 3.8) is 0 Å². The van der Waals surface area contributed by atoms with Crippen LogP contribution in [0, 0.1) is 0 Å². The first-order valence-electron chi connectivity index (χ1n) is 6.96. The van der Waals surface area contributed by atoms with E-state index >= 15 is 0 Å². The number of ether oxygens (including phenoxy) is 1. The molecule has 112 valence electrons. The summed E-state index contributed by atoms with van der Waals surface area (Å²) in [4.78, 5) is 4.41. The molecule has 0 aliphatic heterocycles. The van der Waals surface area contributed by atoms with Crippen molar-refractivity contribution in [2.75, 3.05) is 12.4 Å². The first-order chi connectivity index (χ1) is 9.90. The summed E-state index contributed by atoms with van der Waals surface area (Å²) in [5.41, 5.74) is 2.06. The maximum atomic E-state index is 6.15. The molecule has 0 aliphatic carbocycles. The van der Waals surface area contributed by atoms with Gasteiger partial charge in [-0.2, -0.15) is 0 Å². The van der Waals surface area contributed by atoms with E-state index in [9.17, 15) is 0 Å². The summed E-state index contributed by atoms with van der Waals surface area (Å²) in [6.07, 6.45) is 0. The molecule has 0 saturated carbocycles. The van der Waals surface area contributed by atoms with Crippen LogP contribution in [0.4, 0.5) is 5.82 Å². The predicted octanol–water partition coefficient (Wildman–Crippen LogP) is 4.65. The number of rotatable bonds is 4. The van der Waals surface area contributed by atoms with E-state index in [2.05, 4.69) is 43.2 Å². The highest BCUT2D eigenvalue weighted by Gasteiger charge is 2.14. The Kier molecular flexibility index (Phi) is 4.73. The molecule has 1 N–H and O–H groups in total. The van der Waals surface area contributed by atoms with E-state index in [4.69, 9.17) is 16.3 Å². The number of anilines is 1. The fourth-order valence-electron chi connectivity index (χ4n) is 1.93. The molecule has 1 heterocycles. The third-order valence-corrected chi connectivity index (χ3v) is 3.59. The Balaban J connectivity index is 2.13. The molecular formula is C17H21ClN2O. The lowest BCUT2D eigenvalue weighted by Gasteiger charge is -2.19. The molecule has 3 nitrogen and oxygen atoms in total. The van der Waals surface area contributed by atoms with Crippen molar-refractivity contribution in [2.45, 2.75) is 32.8 Å². The molecular weight excluding hydrogens is 284 g/mol. The highest BCUT2D eigenvalue weighted by atomic mass is 35.5. The van der Waals surface area contributed by atoms with E-state index in [-0.39, 0.29) is 5.41 Å². The fourth-order valence-corrected chi connectivity index (χ4v) is 2.09. The van der Waals surface area contributed by atoms with Gasteiger partial charge in [0.25, 0.3) is 0 Å². The summed E-state index contributed by atoms with van der Waals surface area (Å²) < 4.78 is 5.83. The third-order valence-electron chi connectivity index (χ3n) is 3.25. The quantitative estimate of drug-likeness (QED) is 0.892. The van der Waals surface area contributed by atoms with Crippen LogP contribution in [0.1, 0.15) is 32.0 Å². The molecule has 0 bridgehead atoms. The van der Waals surface area contributed by atoms with E-state index in [0.29, 0.717) is 11.6 Å². The molecule has 0 amide bonds. The predicted molar refractivity (Wildman–Crippen MR) is 88.3 cm³/mol. The van der Waals surface area contributed by atoms with Crippen molar-refractivity contribution < 1.29 is 4.74 Å². The monoisotopic (exact) mass is 304 g/mol. The maximum Gasteiger partial charge on any atom is 0.132 e. The van der Waals surface area contributed by atoms with Crippen LogP contribution < -0.4 is 10.1 Å². The zero-order chi connectivity index (χ0) is 15.5. The Morgan fingerprint density at radius 2 is 1.95 bits per heavy atom.